The lowest BCUT2D eigenvalue weighted by Gasteiger charge is -2.14. The molecule has 3 aromatic carbocycles. The van der Waals surface area contributed by atoms with Crippen molar-refractivity contribution in [1.29, 1.82) is 0 Å². The minimum Gasteiger partial charge on any atom is -0.485 e. The van der Waals surface area contributed by atoms with Gasteiger partial charge in [0.05, 0.1) is 11.3 Å². The van der Waals surface area contributed by atoms with Crippen LogP contribution in [0.2, 0.25) is 0 Å². The van der Waals surface area contributed by atoms with E-state index in [-0.39, 0.29) is 18.4 Å². The summed E-state index contributed by atoms with van der Waals surface area (Å²) in [5.74, 6) is 0.391. The Morgan fingerprint density at radius 1 is 0.833 bits per heavy atom. The zero-order chi connectivity index (χ0) is 21.3. The van der Waals surface area contributed by atoms with E-state index in [2.05, 4.69) is 10.6 Å². The Morgan fingerprint density at radius 2 is 1.50 bits per heavy atom. The molecular formula is C24H24N2O4. The summed E-state index contributed by atoms with van der Waals surface area (Å²) in [4.78, 5) is 24.6. The van der Waals surface area contributed by atoms with Crippen LogP contribution in [0.25, 0.3) is 0 Å². The Hall–Kier alpha value is -3.80. The quantitative estimate of drug-likeness (QED) is 0.596. The van der Waals surface area contributed by atoms with Gasteiger partial charge in [-0.1, -0.05) is 54.6 Å². The van der Waals surface area contributed by atoms with Crippen molar-refractivity contribution in [3.63, 3.8) is 0 Å². The number of carbonyl (C=O) groups excluding carboxylic acids is 2. The summed E-state index contributed by atoms with van der Waals surface area (Å²) in [7, 11) is 1.55. The first kappa shape index (κ1) is 20.9. The predicted molar refractivity (Wildman–Crippen MR) is 116 cm³/mol. The second-order valence-corrected chi connectivity index (χ2v) is 6.63. The normalized spacial score (nSPS) is 10.2. The maximum Gasteiger partial charge on any atom is 0.262 e. The van der Waals surface area contributed by atoms with Gasteiger partial charge in [0, 0.05) is 7.05 Å². The largest absolute Gasteiger partial charge is 0.485 e. The number of nitrogens with one attached hydrogen (secondary N) is 2. The van der Waals surface area contributed by atoms with Gasteiger partial charge in [-0.05, 0) is 36.2 Å². The molecule has 0 fully saturated rings. The standard InChI is InChI=1S/C24H24N2O4/c1-17-9-8-12-19(23(17)24(28)25-2)26-22(27)16-30-21-14-7-6-13-20(21)29-15-18-10-4-3-5-11-18/h3-14H,15-16H2,1-2H3,(H,25,28)(H,26,27). The van der Waals surface area contributed by atoms with Crippen molar-refractivity contribution in [1.82, 2.24) is 5.32 Å². The van der Waals surface area contributed by atoms with E-state index < -0.39 is 0 Å². The van der Waals surface area contributed by atoms with Crippen LogP contribution >= 0.6 is 0 Å². The van der Waals surface area contributed by atoms with E-state index in [4.69, 9.17) is 9.47 Å². The average Bonchev–Trinajstić information content (AvgIpc) is 2.77. The number of benzene rings is 3. The molecule has 0 bridgehead atoms. The third-order valence-corrected chi connectivity index (χ3v) is 4.45. The molecule has 0 saturated heterocycles. The summed E-state index contributed by atoms with van der Waals surface area (Å²) in [6.45, 7) is 2.00. The molecule has 0 radical (unpaired) electrons. The lowest BCUT2D eigenvalue weighted by atomic mass is 10.1. The molecule has 154 valence electrons. The van der Waals surface area contributed by atoms with Crippen molar-refractivity contribution in [3.8, 4) is 11.5 Å². The molecule has 0 aliphatic rings. The van der Waals surface area contributed by atoms with Gasteiger partial charge < -0.3 is 20.1 Å². The van der Waals surface area contributed by atoms with Crippen LogP contribution in [-0.2, 0) is 11.4 Å². The highest BCUT2D eigenvalue weighted by Gasteiger charge is 2.15. The molecule has 2 amide bonds. The fraction of sp³-hybridized carbons (Fsp3) is 0.167. The van der Waals surface area contributed by atoms with Gasteiger partial charge in [0.15, 0.2) is 18.1 Å². The highest BCUT2D eigenvalue weighted by molar-refractivity contribution is 6.05. The highest BCUT2D eigenvalue weighted by atomic mass is 16.5. The van der Waals surface area contributed by atoms with Crippen molar-refractivity contribution in [2.24, 2.45) is 0 Å². The summed E-state index contributed by atoms with van der Waals surface area (Å²) in [6.07, 6.45) is 0. The Labute approximate surface area is 175 Å². The van der Waals surface area contributed by atoms with Crippen LogP contribution < -0.4 is 20.1 Å². The van der Waals surface area contributed by atoms with Gasteiger partial charge >= 0.3 is 0 Å². The third-order valence-electron chi connectivity index (χ3n) is 4.45. The zero-order valence-corrected chi connectivity index (χ0v) is 17.0. The number of carbonyl (C=O) groups is 2. The fourth-order valence-corrected chi connectivity index (χ4v) is 2.95. The van der Waals surface area contributed by atoms with E-state index in [1.54, 1.807) is 31.3 Å². The number of ether oxygens (including phenoxy) is 2. The van der Waals surface area contributed by atoms with Gasteiger partial charge in [0.2, 0.25) is 0 Å². The average molecular weight is 404 g/mol. The van der Waals surface area contributed by atoms with Crippen LogP contribution in [0.4, 0.5) is 5.69 Å². The molecular weight excluding hydrogens is 380 g/mol. The molecule has 0 spiro atoms. The smallest absolute Gasteiger partial charge is 0.262 e. The molecule has 0 saturated carbocycles. The Balaban J connectivity index is 1.63. The molecule has 0 aromatic heterocycles. The van der Waals surface area contributed by atoms with Crippen molar-refractivity contribution in [3.05, 3.63) is 89.5 Å². The second kappa shape index (κ2) is 10.1. The first-order valence-corrected chi connectivity index (χ1v) is 9.58. The molecule has 0 aliphatic carbocycles. The minimum absolute atomic E-state index is 0.215. The van der Waals surface area contributed by atoms with Crippen LogP contribution in [0.1, 0.15) is 21.5 Å². The lowest BCUT2D eigenvalue weighted by Crippen LogP contribution is -2.25. The van der Waals surface area contributed by atoms with E-state index in [9.17, 15) is 9.59 Å². The van der Waals surface area contributed by atoms with Crippen LogP contribution in [-0.4, -0.2) is 25.5 Å². The number of rotatable bonds is 8. The van der Waals surface area contributed by atoms with Gasteiger partial charge in [-0.15, -0.1) is 0 Å². The number of hydrogen-bond acceptors (Lipinski definition) is 4. The number of para-hydroxylation sites is 2. The summed E-state index contributed by atoms with van der Waals surface area (Å²) >= 11 is 0. The molecule has 3 aromatic rings. The first-order valence-electron chi connectivity index (χ1n) is 9.58. The number of anilines is 1. The van der Waals surface area contributed by atoms with E-state index in [1.165, 1.54) is 0 Å². The summed E-state index contributed by atoms with van der Waals surface area (Å²) in [5, 5.41) is 5.34. The molecule has 2 N–H and O–H groups in total. The zero-order valence-electron chi connectivity index (χ0n) is 17.0. The highest BCUT2D eigenvalue weighted by Crippen LogP contribution is 2.27. The summed E-state index contributed by atoms with van der Waals surface area (Å²) in [5.41, 5.74) is 2.68. The SMILES string of the molecule is CNC(=O)c1c(C)cccc1NC(=O)COc1ccccc1OCc1ccccc1. The molecule has 30 heavy (non-hydrogen) atoms. The van der Waals surface area contributed by atoms with Crippen LogP contribution in [0.5, 0.6) is 11.5 Å². The van der Waals surface area contributed by atoms with Crippen LogP contribution in [0, 0.1) is 6.92 Å². The molecule has 6 nitrogen and oxygen atoms in total. The monoisotopic (exact) mass is 404 g/mol. The molecule has 6 heteroatoms. The van der Waals surface area contributed by atoms with Gasteiger partial charge in [0.1, 0.15) is 6.61 Å². The predicted octanol–water partition coefficient (Wildman–Crippen LogP) is 3.95. The Morgan fingerprint density at radius 3 is 2.20 bits per heavy atom. The van der Waals surface area contributed by atoms with E-state index >= 15 is 0 Å². The fourth-order valence-electron chi connectivity index (χ4n) is 2.95. The van der Waals surface area contributed by atoms with Gasteiger partial charge in [-0.2, -0.15) is 0 Å². The maximum atomic E-state index is 12.4. The van der Waals surface area contributed by atoms with Crippen molar-refractivity contribution >= 4 is 17.5 Å². The van der Waals surface area contributed by atoms with Gasteiger partial charge in [-0.25, -0.2) is 0 Å². The van der Waals surface area contributed by atoms with Crippen molar-refractivity contribution < 1.29 is 19.1 Å². The molecule has 3 rings (SSSR count). The number of aryl methyl sites for hydroxylation is 1. The minimum atomic E-state index is -0.372. The summed E-state index contributed by atoms with van der Waals surface area (Å²) < 4.78 is 11.5. The maximum absolute atomic E-state index is 12.4. The molecule has 0 heterocycles. The van der Waals surface area contributed by atoms with E-state index in [0.29, 0.717) is 29.4 Å². The van der Waals surface area contributed by atoms with Gasteiger partial charge in [0.25, 0.3) is 11.8 Å². The lowest BCUT2D eigenvalue weighted by molar-refractivity contribution is -0.118. The second-order valence-electron chi connectivity index (χ2n) is 6.63. The Bertz CT molecular complexity index is 1020. The summed E-state index contributed by atoms with van der Waals surface area (Å²) in [6, 6.07) is 22.3. The van der Waals surface area contributed by atoms with Crippen molar-refractivity contribution in [2.75, 3.05) is 19.0 Å². The topological polar surface area (TPSA) is 76.7 Å². The van der Waals surface area contributed by atoms with Crippen LogP contribution in [0.3, 0.4) is 0 Å². The molecule has 0 unspecified atom stereocenters. The number of hydrogen-bond donors (Lipinski definition) is 2. The van der Waals surface area contributed by atoms with E-state index in [1.807, 2.05) is 55.5 Å². The van der Waals surface area contributed by atoms with Gasteiger partial charge in [-0.3, -0.25) is 9.59 Å². The van der Waals surface area contributed by atoms with Crippen LogP contribution in [0.15, 0.2) is 72.8 Å². The molecule has 0 aliphatic heterocycles. The molecule has 0 atom stereocenters. The third kappa shape index (κ3) is 5.38. The van der Waals surface area contributed by atoms with E-state index in [0.717, 1.165) is 11.1 Å². The Kier molecular flexibility index (Phi) is 7.05. The first-order chi connectivity index (χ1) is 14.6. The number of amides is 2. The van der Waals surface area contributed by atoms with Crippen molar-refractivity contribution in [2.45, 2.75) is 13.5 Å².